The monoisotopic (exact) mass is 315 g/mol. The van der Waals surface area contributed by atoms with Gasteiger partial charge in [-0.05, 0) is 25.5 Å². The van der Waals surface area contributed by atoms with Crippen molar-refractivity contribution < 1.29 is 14.3 Å². The van der Waals surface area contributed by atoms with Gasteiger partial charge in [0, 0.05) is 24.4 Å². The SMILES string of the molecule is O=C1CCC(N2CCOc3c([C@@H]4CCNC4)cccc32)C(=O)N1. The van der Waals surface area contributed by atoms with Crippen molar-refractivity contribution in [3.8, 4) is 5.75 Å². The van der Waals surface area contributed by atoms with E-state index in [1.165, 1.54) is 5.56 Å². The van der Waals surface area contributed by atoms with Crippen molar-refractivity contribution >= 4 is 17.5 Å². The molecule has 1 aromatic carbocycles. The van der Waals surface area contributed by atoms with Crippen molar-refractivity contribution in [2.24, 2.45) is 0 Å². The van der Waals surface area contributed by atoms with Gasteiger partial charge in [0.1, 0.15) is 18.4 Å². The van der Waals surface area contributed by atoms with E-state index in [4.69, 9.17) is 4.74 Å². The maximum atomic E-state index is 12.2. The van der Waals surface area contributed by atoms with Gasteiger partial charge in [-0.3, -0.25) is 14.9 Å². The van der Waals surface area contributed by atoms with E-state index in [9.17, 15) is 9.59 Å². The lowest BCUT2D eigenvalue weighted by Gasteiger charge is -2.39. The molecule has 0 saturated carbocycles. The summed E-state index contributed by atoms with van der Waals surface area (Å²) in [6.45, 7) is 3.25. The molecule has 4 rings (SSSR count). The minimum absolute atomic E-state index is 0.175. The minimum Gasteiger partial charge on any atom is -0.489 e. The zero-order valence-corrected chi connectivity index (χ0v) is 13.0. The number of piperidine rings is 1. The van der Waals surface area contributed by atoms with Crippen molar-refractivity contribution in [3.05, 3.63) is 23.8 Å². The third kappa shape index (κ3) is 2.57. The summed E-state index contributed by atoms with van der Waals surface area (Å²) < 4.78 is 5.98. The number of rotatable bonds is 2. The first-order valence-corrected chi connectivity index (χ1v) is 8.31. The number of anilines is 1. The predicted octanol–water partition coefficient (Wildman–Crippen LogP) is 0.767. The van der Waals surface area contributed by atoms with E-state index in [1.54, 1.807) is 0 Å². The van der Waals surface area contributed by atoms with Crippen LogP contribution in [0.25, 0.3) is 0 Å². The second kappa shape index (κ2) is 5.85. The lowest BCUT2D eigenvalue weighted by molar-refractivity contribution is -0.134. The number of carbonyl (C=O) groups is 2. The van der Waals surface area contributed by atoms with Crippen molar-refractivity contribution in [3.63, 3.8) is 0 Å². The zero-order valence-electron chi connectivity index (χ0n) is 13.0. The van der Waals surface area contributed by atoms with Gasteiger partial charge in [-0.15, -0.1) is 0 Å². The molecular formula is C17H21N3O3. The number of hydrogen-bond donors (Lipinski definition) is 2. The Balaban J connectivity index is 1.67. The Kier molecular flexibility index (Phi) is 3.69. The normalized spacial score (nSPS) is 27.4. The minimum atomic E-state index is -0.285. The van der Waals surface area contributed by atoms with Gasteiger partial charge in [-0.25, -0.2) is 0 Å². The molecule has 1 aromatic rings. The molecule has 3 heterocycles. The number of imide groups is 1. The molecule has 0 aliphatic carbocycles. The summed E-state index contributed by atoms with van der Waals surface area (Å²) in [5.41, 5.74) is 2.21. The van der Waals surface area contributed by atoms with Crippen LogP contribution in [0.5, 0.6) is 5.75 Å². The maximum Gasteiger partial charge on any atom is 0.249 e. The Morgan fingerprint density at radius 2 is 2.13 bits per heavy atom. The molecule has 0 radical (unpaired) electrons. The Morgan fingerprint density at radius 1 is 1.22 bits per heavy atom. The molecule has 2 amide bonds. The lowest BCUT2D eigenvalue weighted by atomic mass is 9.95. The molecule has 3 aliphatic heterocycles. The summed E-state index contributed by atoms with van der Waals surface area (Å²) in [6.07, 6.45) is 2.08. The Hall–Kier alpha value is -2.08. The molecule has 6 heteroatoms. The third-order valence-corrected chi connectivity index (χ3v) is 5.00. The standard InChI is InChI=1S/C17H21N3O3/c21-15-5-4-14(17(22)19-15)20-8-9-23-16-12(2-1-3-13(16)20)11-6-7-18-10-11/h1-3,11,14,18H,4-10H2,(H,19,21,22)/t11-,14?/m1/s1. The summed E-state index contributed by atoms with van der Waals surface area (Å²) in [4.78, 5) is 25.7. The molecular weight excluding hydrogens is 294 g/mol. The van der Waals surface area contributed by atoms with Gasteiger partial charge in [-0.2, -0.15) is 0 Å². The van der Waals surface area contributed by atoms with Crippen LogP contribution < -0.4 is 20.3 Å². The van der Waals surface area contributed by atoms with E-state index in [2.05, 4.69) is 21.6 Å². The fraction of sp³-hybridized carbons (Fsp3) is 0.529. The average molecular weight is 315 g/mol. The number of carbonyl (C=O) groups excluding carboxylic acids is 2. The van der Waals surface area contributed by atoms with Crippen LogP contribution in [0.1, 0.15) is 30.7 Å². The first-order chi connectivity index (χ1) is 11.2. The largest absolute Gasteiger partial charge is 0.489 e. The van der Waals surface area contributed by atoms with E-state index in [1.807, 2.05) is 12.1 Å². The van der Waals surface area contributed by atoms with E-state index >= 15 is 0 Å². The second-order valence-corrected chi connectivity index (χ2v) is 6.39. The zero-order chi connectivity index (χ0) is 15.8. The van der Waals surface area contributed by atoms with E-state index in [0.717, 1.165) is 30.9 Å². The van der Waals surface area contributed by atoms with Gasteiger partial charge >= 0.3 is 0 Å². The highest BCUT2D eigenvalue weighted by atomic mass is 16.5. The molecule has 3 aliphatic rings. The van der Waals surface area contributed by atoms with Crippen LogP contribution >= 0.6 is 0 Å². The summed E-state index contributed by atoms with van der Waals surface area (Å²) in [7, 11) is 0. The van der Waals surface area contributed by atoms with Crippen LogP contribution in [-0.4, -0.2) is 44.1 Å². The molecule has 0 aromatic heterocycles. The number of para-hydroxylation sites is 1. The Labute approximate surface area is 135 Å². The summed E-state index contributed by atoms with van der Waals surface area (Å²) in [6, 6.07) is 5.90. The number of nitrogens with zero attached hydrogens (tertiary/aromatic N) is 1. The molecule has 2 N–H and O–H groups in total. The van der Waals surface area contributed by atoms with Crippen molar-refractivity contribution in [1.82, 2.24) is 10.6 Å². The van der Waals surface area contributed by atoms with Crippen molar-refractivity contribution in [2.45, 2.75) is 31.2 Å². The summed E-state index contributed by atoms with van der Waals surface area (Å²) in [5.74, 6) is 1.01. The maximum absolute atomic E-state index is 12.2. The van der Waals surface area contributed by atoms with E-state index in [0.29, 0.717) is 31.9 Å². The molecule has 0 spiro atoms. The predicted molar refractivity (Wildman–Crippen MR) is 85.7 cm³/mol. The van der Waals surface area contributed by atoms with Crippen LogP contribution in [0.3, 0.4) is 0 Å². The van der Waals surface area contributed by atoms with Crippen LogP contribution in [0.15, 0.2) is 18.2 Å². The smallest absolute Gasteiger partial charge is 0.249 e. The Morgan fingerprint density at radius 3 is 2.91 bits per heavy atom. The van der Waals surface area contributed by atoms with Crippen molar-refractivity contribution in [1.29, 1.82) is 0 Å². The first-order valence-electron chi connectivity index (χ1n) is 8.31. The molecule has 0 bridgehead atoms. The number of nitrogens with one attached hydrogen (secondary N) is 2. The van der Waals surface area contributed by atoms with Gasteiger partial charge in [-0.1, -0.05) is 12.1 Å². The van der Waals surface area contributed by atoms with Gasteiger partial charge in [0.2, 0.25) is 11.8 Å². The summed E-state index contributed by atoms with van der Waals surface area (Å²) >= 11 is 0. The average Bonchev–Trinajstić information content (AvgIpc) is 3.08. The first kappa shape index (κ1) is 14.5. The van der Waals surface area contributed by atoms with Gasteiger partial charge in [0.15, 0.2) is 0 Å². The van der Waals surface area contributed by atoms with E-state index < -0.39 is 0 Å². The molecule has 6 nitrogen and oxygen atoms in total. The Bertz CT molecular complexity index is 640. The van der Waals surface area contributed by atoms with Gasteiger partial charge < -0.3 is 15.0 Å². The molecule has 2 saturated heterocycles. The number of hydrogen-bond acceptors (Lipinski definition) is 5. The van der Waals surface area contributed by atoms with Crippen LogP contribution in [0, 0.1) is 0 Å². The fourth-order valence-corrected chi connectivity index (χ4v) is 3.84. The third-order valence-electron chi connectivity index (χ3n) is 5.00. The number of fused-ring (bicyclic) bond motifs is 1. The quantitative estimate of drug-likeness (QED) is 0.789. The van der Waals surface area contributed by atoms with Crippen LogP contribution in [-0.2, 0) is 9.59 Å². The fourth-order valence-electron chi connectivity index (χ4n) is 3.84. The van der Waals surface area contributed by atoms with Crippen LogP contribution in [0.4, 0.5) is 5.69 Å². The number of benzene rings is 1. The van der Waals surface area contributed by atoms with Gasteiger partial charge in [0.25, 0.3) is 0 Å². The topological polar surface area (TPSA) is 70.7 Å². The molecule has 122 valence electrons. The molecule has 23 heavy (non-hydrogen) atoms. The molecule has 2 fully saturated rings. The van der Waals surface area contributed by atoms with E-state index in [-0.39, 0.29) is 17.9 Å². The number of ether oxygens (including phenoxy) is 1. The molecule has 2 atom stereocenters. The van der Waals surface area contributed by atoms with Crippen LogP contribution in [0.2, 0.25) is 0 Å². The molecule has 1 unspecified atom stereocenters. The highest BCUT2D eigenvalue weighted by molar-refractivity contribution is 6.01. The lowest BCUT2D eigenvalue weighted by Crippen LogP contribution is -2.54. The second-order valence-electron chi connectivity index (χ2n) is 6.39. The van der Waals surface area contributed by atoms with Gasteiger partial charge in [0.05, 0.1) is 12.2 Å². The highest BCUT2D eigenvalue weighted by Gasteiger charge is 2.35. The van der Waals surface area contributed by atoms with Crippen molar-refractivity contribution in [2.75, 3.05) is 31.1 Å². The number of amides is 2. The summed E-state index contributed by atoms with van der Waals surface area (Å²) in [5, 5.41) is 5.85. The highest BCUT2D eigenvalue weighted by Crippen LogP contribution is 2.41.